The van der Waals surface area contributed by atoms with Gasteiger partial charge < -0.3 is 10.2 Å². The zero-order valence-corrected chi connectivity index (χ0v) is 6.99. The second-order valence-electron chi connectivity index (χ2n) is 2.94. The monoisotopic (exact) mass is 182 g/mol. The number of nitrogens with zero attached hydrogens (tertiary/aromatic N) is 1. The molecule has 0 spiro atoms. The van der Waals surface area contributed by atoms with Gasteiger partial charge in [0, 0.05) is 19.6 Å². The molecule has 0 radical (unpaired) electrons. The van der Waals surface area contributed by atoms with E-state index in [1.54, 1.807) is 4.90 Å². The van der Waals surface area contributed by atoms with E-state index in [2.05, 4.69) is 5.32 Å². The van der Waals surface area contributed by atoms with Crippen LogP contribution in [-0.4, -0.2) is 43.3 Å². The highest BCUT2D eigenvalue weighted by Gasteiger charge is 2.41. The molecular formula is C7H13F3N2. The Kier molecular flexibility index (Phi) is 2.95. The highest BCUT2D eigenvalue weighted by Crippen LogP contribution is 2.22. The van der Waals surface area contributed by atoms with Crippen molar-refractivity contribution in [2.24, 2.45) is 0 Å². The minimum Gasteiger partial charge on any atom is -0.304 e. The van der Waals surface area contributed by atoms with Gasteiger partial charge in [-0.25, -0.2) is 0 Å². The lowest BCUT2D eigenvalue weighted by Crippen LogP contribution is -2.56. The zero-order chi connectivity index (χ0) is 9.19. The number of halogens is 3. The number of nitrogens with one attached hydrogen (secondary N) is 1. The van der Waals surface area contributed by atoms with Crippen LogP contribution in [0.15, 0.2) is 0 Å². The van der Waals surface area contributed by atoms with Gasteiger partial charge in [0.2, 0.25) is 0 Å². The Labute approximate surface area is 69.7 Å². The molecule has 12 heavy (non-hydrogen) atoms. The number of hydrogen-bond acceptors (Lipinski definition) is 2. The van der Waals surface area contributed by atoms with E-state index in [4.69, 9.17) is 0 Å². The number of alkyl halides is 3. The second-order valence-corrected chi connectivity index (χ2v) is 2.94. The van der Waals surface area contributed by atoms with E-state index < -0.39 is 12.2 Å². The molecule has 1 N–H and O–H groups in total. The van der Waals surface area contributed by atoms with Crippen LogP contribution in [0.4, 0.5) is 13.2 Å². The lowest BCUT2D eigenvalue weighted by atomic mass is 10.2. The van der Waals surface area contributed by atoms with Gasteiger partial charge in [-0.3, -0.25) is 0 Å². The van der Waals surface area contributed by atoms with Gasteiger partial charge in [0.15, 0.2) is 0 Å². The number of likely N-dealkylation sites (N-methyl/N-ethyl adjacent to an activating group) is 1. The molecule has 5 heteroatoms. The minimum absolute atomic E-state index is 0.0833. The summed E-state index contributed by atoms with van der Waals surface area (Å²) < 4.78 is 36.5. The second kappa shape index (κ2) is 3.62. The quantitative estimate of drug-likeness (QED) is 0.646. The van der Waals surface area contributed by atoms with Gasteiger partial charge in [-0.1, -0.05) is 6.92 Å². The van der Waals surface area contributed by atoms with Crippen LogP contribution in [-0.2, 0) is 0 Å². The summed E-state index contributed by atoms with van der Waals surface area (Å²) in [6, 6.07) is -1.34. The Bertz CT molecular complexity index is 146. The summed E-state index contributed by atoms with van der Waals surface area (Å²) in [6.07, 6.45) is -4.10. The third kappa shape index (κ3) is 2.35. The molecule has 0 aromatic heterocycles. The third-order valence-electron chi connectivity index (χ3n) is 2.10. The van der Waals surface area contributed by atoms with E-state index in [1.165, 1.54) is 0 Å². The molecule has 1 fully saturated rings. The van der Waals surface area contributed by atoms with Gasteiger partial charge in [-0.05, 0) is 6.54 Å². The summed E-state index contributed by atoms with van der Waals surface area (Å²) in [7, 11) is 0. The van der Waals surface area contributed by atoms with Gasteiger partial charge in [-0.15, -0.1) is 0 Å². The zero-order valence-electron chi connectivity index (χ0n) is 6.99. The SMILES string of the molecule is CCN1CCNC(C(F)(F)F)C1. The van der Waals surface area contributed by atoms with Crippen molar-refractivity contribution in [2.45, 2.75) is 19.1 Å². The predicted molar refractivity (Wildman–Crippen MR) is 40.0 cm³/mol. The van der Waals surface area contributed by atoms with Crippen LogP contribution in [0, 0.1) is 0 Å². The summed E-state index contributed by atoms with van der Waals surface area (Å²) in [6.45, 7) is 3.79. The lowest BCUT2D eigenvalue weighted by Gasteiger charge is -2.33. The summed E-state index contributed by atoms with van der Waals surface area (Å²) in [5.41, 5.74) is 0. The Morgan fingerprint density at radius 2 is 2.17 bits per heavy atom. The Morgan fingerprint density at radius 1 is 1.50 bits per heavy atom. The van der Waals surface area contributed by atoms with Gasteiger partial charge in [-0.2, -0.15) is 13.2 Å². The first-order valence-corrected chi connectivity index (χ1v) is 4.06. The molecule has 1 unspecified atom stereocenters. The van der Waals surface area contributed by atoms with Crippen LogP contribution in [0.3, 0.4) is 0 Å². The number of hydrogen-bond donors (Lipinski definition) is 1. The summed E-state index contributed by atoms with van der Waals surface area (Å²) >= 11 is 0. The van der Waals surface area contributed by atoms with Crippen molar-refractivity contribution in [1.82, 2.24) is 10.2 Å². The van der Waals surface area contributed by atoms with E-state index in [1.807, 2.05) is 6.92 Å². The van der Waals surface area contributed by atoms with Crippen LogP contribution >= 0.6 is 0 Å². The van der Waals surface area contributed by atoms with E-state index in [0.717, 1.165) is 0 Å². The van der Waals surface area contributed by atoms with Gasteiger partial charge >= 0.3 is 6.18 Å². The smallest absolute Gasteiger partial charge is 0.304 e. The van der Waals surface area contributed by atoms with Crippen molar-refractivity contribution in [2.75, 3.05) is 26.2 Å². The lowest BCUT2D eigenvalue weighted by molar-refractivity contribution is -0.164. The molecule has 1 aliphatic heterocycles. The molecule has 1 rings (SSSR count). The molecule has 0 aliphatic carbocycles. The molecule has 0 aromatic rings. The molecule has 1 aliphatic rings. The van der Waals surface area contributed by atoms with Gasteiger partial charge in [0.05, 0.1) is 0 Å². The minimum atomic E-state index is -4.10. The highest BCUT2D eigenvalue weighted by molar-refractivity contribution is 4.83. The standard InChI is InChI=1S/C7H13F3N2/c1-2-12-4-3-11-6(5-12)7(8,9)10/h6,11H,2-5H2,1H3. The first-order valence-electron chi connectivity index (χ1n) is 4.06. The van der Waals surface area contributed by atoms with Crippen molar-refractivity contribution < 1.29 is 13.2 Å². The average Bonchev–Trinajstić information content (AvgIpc) is 2.03. The maximum Gasteiger partial charge on any atom is 0.405 e. The van der Waals surface area contributed by atoms with Crippen LogP contribution in [0.2, 0.25) is 0 Å². The Morgan fingerprint density at radius 3 is 2.67 bits per heavy atom. The maximum absolute atomic E-state index is 12.2. The van der Waals surface area contributed by atoms with Crippen LogP contribution in [0.25, 0.3) is 0 Å². The maximum atomic E-state index is 12.2. The first kappa shape index (κ1) is 9.80. The normalized spacial score (nSPS) is 27.5. The molecule has 72 valence electrons. The summed E-state index contributed by atoms with van der Waals surface area (Å²) in [5.74, 6) is 0. The average molecular weight is 182 g/mol. The van der Waals surface area contributed by atoms with Crippen molar-refractivity contribution in [1.29, 1.82) is 0 Å². The molecule has 0 saturated carbocycles. The Balaban J connectivity index is 2.46. The molecule has 1 saturated heterocycles. The molecule has 1 atom stereocenters. The molecule has 2 nitrogen and oxygen atoms in total. The van der Waals surface area contributed by atoms with Crippen molar-refractivity contribution >= 4 is 0 Å². The van der Waals surface area contributed by atoms with Gasteiger partial charge in [0.1, 0.15) is 6.04 Å². The van der Waals surface area contributed by atoms with Crippen molar-refractivity contribution in [3.05, 3.63) is 0 Å². The summed E-state index contributed by atoms with van der Waals surface area (Å²) in [5, 5.41) is 2.46. The van der Waals surface area contributed by atoms with E-state index in [0.29, 0.717) is 19.6 Å². The van der Waals surface area contributed by atoms with Crippen LogP contribution in [0.5, 0.6) is 0 Å². The number of piperazine rings is 1. The molecule has 0 aromatic carbocycles. The van der Waals surface area contributed by atoms with Crippen molar-refractivity contribution in [3.63, 3.8) is 0 Å². The van der Waals surface area contributed by atoms with Gasteiger partial charge in [0.25, 0.3) is 0 Å². The largest absolute Gasteiger partial charge is 0.405 e. The fourth-order valence-corrected chi connectivity index (χ4v) is 1.32. The van der Waals surface area contributed by atoms with E-state index in [9.17, 15) is 13.2 Å². The topological polar surface area (TPSA) is 15.3 Å². The fourth-order valence-electron chi connectivity index (χ4n) is 1.32. The van der Waals surface area contributed by atoms with Crippen LogP contribution in [0.1, 0.15) is 6.92 Å². The molecule has 1 heterocycles. The fraction of sp³-hybridized carbons (Fsp3) is 1.00. The molecule has 0 amide bonds. The number of rotatable bonds is 1. The Hall–Kier alpha value is -0.290. The third-order valence-corrected chi connectivity index (χ3v) is 2.10. The molecular weight excluding hydrogens is 169 g/mol. The van der Waals surface area contributed by atoms with Crippen LogP contribution < -0.4 is 5.32 Å². The first-order chi connectivity index (χ1) is 5.54. The summed E-state index contributed by atoms with van der Waals surface area (Å²) in [4.78, 5) is 1.80. The van der Waals surface area contributed by atoms with E-state index >= 15 is 0 Å². The van der Waals surface area contributed by atoms with E-state index in [-0.39, 0.29) is 6.54 Å². The highest BCUT2D eigenvalue weighted by atomic mass is 19.4. The predicted octanol–water partition coefficient (Wildman–Crippen LogP) is 0.842. The van der Waals surface area contributed by atoms with Crippen molar-refractivity contribution in [3.8, 4) is 0 Å². The molecule has 0 bridgehead atoms.